The Balaban J connectivity index is 1.09. The van der Waals surface area contributed by atoms with E-state index in [4.69, 9.17) is 19.4 Å². The number of benzene rings is 8. The second-order valence-corrected chi connectivity index (χ2v) is 13.5. The first-order chi connectivity index (χ1) is 26.3. The van der Waals surface area contributed by atoms with Gasteiger partial charge in [-0.25, -0.2) is 15.0 Å². The molecule has 10 aromatic rings. The first-order valence-electron chi connectivity index (χ1n) is 17.9. The second-order valence-electron chi connectivity index (χ2n) is 13.5. The van der Waals surface area contributed by atoms with Gasteiger partial charge < -0.3 is 4.42 Å². The Morgan fingerprint density at radius 3 is 1.58 bits per heavy atom. The van der Waals surface area contributed by atoms with Crippen LogP contribution in [0.25, 0.3) is 111 Å². The molecule has 0 saturated heterocycles. The van der Waals surface area contributed by atoms with Crippen LogP contribution in [0.4, 0.5) is 0 Å². The molecule has 0 amide bonds. The maximum Gasteiger partial charge on any atom is 0.164 e. The lowest BCUT2D eigenvalue weighted by atomic mass is 9.98. The van der Waals surface area contributed by atoms with Gasteiger partial charge in [0.25, 0.3) is 0 Å². The van der Waals surface area contributed by atoms with E-state index in [1.807, 2.05) is 18.2 Å². The molecule has 0 bridgehead atoms. The summed E-state index contributed by atoms with van der Waals surface area (Å²) in [5.74, 6) is 1.82. The molecule has 0 aliphatic heterocycles. The number of aromatic nitrogens is 3. The minimum Gasteiger partial charge on any atom is -0.456 e. The lowest BCUT2D eigenvalue weighted by molar-refractivity contribution is 0.669. The van der Waals surface area contributed by atoms with E-state index in [1.165, 1.54) is 38.6 Å². The van der Waals surface area contributed by atoms with Crippen molar-refractivity contribution in [1.82, 2.24) is 15.0 Å². The van der Waals surface area contributed by atoms with Crippen LogP contribution in [-0.4, -0.2) is 15.0 Å². The van der Waals surface area contributed by atoms with Gasteiger partial charge in [0, 0.05) is 27.5 Å². The van der Waals surface area contributed by atoms with E-state index in [0.29, 0.717) is 17.5 Å². The van der Waals surface area contributed by atoms with Gasteiger partial charge in [0.15, 0.2) is 17.5 Å². The molecular weight excluding hydrogens is 647 g/mol. The van der Waals surface area contributed by atoms with Crippen molar-refractivity contribution in [2.24, 2.45) is 0 Å². The van der Waals surface area contributed by atoms with Crippen molar-refractivity contribution >= 4 is 32.7 Å². The van der Waals surface area contributed by atoms with Crippen molar-refractivity contribution in [3.8, 4) is 78.7 Å². The number of hydrogen-bond acceptors (Lipinski definition) is 4. The molecule has 0 spiro atoms. The fourth-order valence-electron chi connectivity index (χ4n) is 8.02. The van der Waals surface area contributed by atoms with Crippen molar-refractivity contribution in [3.63, 3.8) is 0 Å². The van der Waals surface area contributed by atoms with Gasteiger partial charge in [-0.15, -0.1) is 0 Å². The zero-order valence-electron chi connectivity index (χ0n) is 28.5. The van der Waals surface area contributed by atoms with Crippen molar-refractivity contribution < 1.29 is 4.42 Å². The molecule has 0 saturated carbocycles. The summed E-state index contributed by atoms with van der Waals surface area (Å²) >= 11 is 0. The number of nitrogens with zero attached hydrogens (tertiary/aromatic N) is 3. The minimum absolute atomic E-state index is 0.588. The van der Waals surface area contributed by atoms with Gasteiger partial charge in [-0.3, -0.25) is 0 Å². The van der Waals surface area contributed by atoms with Crippen LogP contribution in [0.5, 0.6) is 0 Å². The normalized spacial score (nSPS) is 11.8. The summed E-state index contributed by atoms with van der Waals surface area (Å²) < 4.78 is 6.69. The summed E-state index contributed by atoms with van der Waals surface area (Å²) in [5, 5.41) is 4.70. The number of hydrogen-bond donors (Lipinski definition) is 0. The van der Waals surface area contributed by atoms with Gasteiger partial charge in [-0.2, -0.15) is 0 Å². The molecular formula is C49H29N3O. The Bertz CT molecular complexity index is 3040. The maximum atomic E-state index is 6.69. The molecule has 0 atom stereocenters. The van der Waals surface area contributed by atoms with Gasteiger partial charge in [0.2, 0.25) is 0 Å². The highest BCUT2D eigenvalue weighted by molar-refractivity contribution is 6.28. The van der Waals surface area contributed by atoms with E-state index < -0.39 is 0 Å². The quantitative estimate of drug-likeness (QED) is 0.182. The molecule has 0 N–H and O–H groups in total. The lowest BCUT2D eigenvalue weighted by Gasteiger charge is -2.12. The van der Waals surface area contributed by atoms with Gasteiger partial charge in [-0.1, -0.05) is 158 Å². The first kappa shape index (κ1) is 29.5. The van der Waals surface area contributed by atoms with Crippen LogP contribution in [0.2, 0.25) is 0 Å². The molecule has 246 valence electrons. The summed E-state index contributed by atoms with van der Waals surface area (Å²) in [6.07, 6.45) is 0. The third-order valence-electron chi connectivity index (χ3n) is 10.5. The van der Waals surface area contributed by atoms with Gasteiger partial charge >= 0.3 is 0 Å². The third-order valence-corrected chi connectivity index (χ3v) is 10.5. The summed E-state index contributed by atoms with van der Waals surface area (Å²) in [6, 6.07) is 61.3. The summed E-state index contributed by atoms with van der Waals surface area (Å²) in [6.45, 7) is 0. The lowest BCUT2D eigenvalue weighted by Crippen LogP contribution is -2.01. The summed E-state index contributed by atoms with van der Waals surface area (Å²) in [7, 11) is 0. The molecule has 2 aromatic heterocycles. The average Bonchev–Trinajstić information content (AvgIpc) is 3.77. The predicted molar refractivity (Wildman–Crippen MR) is 216 cm³/mol. The van der Waals surface area contributed by atoms with Crippen molar-refractivity contribution in [2.75, 3.05) is 0 Å². The van der Waals surface area contributed by atoms with Crippen LogP contribution in [-0.2, 0) is 0 Å². The van der Waals surface area contributed by atoms with E-state index in [9.17, 15) is 0 Å². The van der Waals surface area contributed by atoms with Crippen LogP contribution < -0.4 is 0 Å². The van der Waals surface area contributed by atoms with Crippen molar-refractivity contribution in [1.29, 1.82) is 0 Å². The van der Waals surface area contributed by atoms with Crippen LogP contribution >= 0.6 is 0 Å². The Hall–Kier alpha value is -7.17. The fourth-order valence-corrected chi connectivity index (χ4v) is 8.02. The molecule has 53 heavy (non-hydrogen) atoms. The molecule has 0 radical (unpaired) electrons. The molecule has 0 fully saturated rings. The van der Waals surface area contributed by atoms with E-state index >= 15 is 0 Å². The number of rotatable bonds is 5. The largest absolute Gasteiger partial charge is 0.456 e. The molecule has 4 nitrogen and oxygen atoms in total. The van der Waals surface area contributed by atoms with E-state index in [-0.39, 0.29) is 0 Å². The van der Waals surface area contributed by atoms with Crippen LogP contribution in [0.15, 0.2) is 180 Å². The predicted octanol–water partition coefficient (Wildman–Crippen LogP) is 12.9. The second kappa shape index (κ2) is 11.7. The van der Waals surface area contributed by atoms with E-state index in [2.05, 4.69) is 158 Å². The van der Waals surface area contributed by atoms with E-state index in [1.54, 1.807) is 0 Å². The molecule has 1 aliphatic carbocycles. The molecule has 11 rings (SSSR count). The Kier molecular flexibility index (Phi) is 6.52. The fraction of sp³-hybridized carbons (Fsp3) is 0. The Morgan fingerprint density at radius 1 is 0.283 bits per heavy atom. The third kappa shape index (κ3) is 4.73. The smallest absolute Gasteiger partial charge is 0.164 e. The Morgan fingerprint density at radius 2 is 0.830 bits per heavy atom. The highest BCUT2D eigenvalue weighted by Gasteiger charge is 2.25. The Labute approximate surface area is 305 Å². The zero-order valence-corrected chi connectivity index (χ0v) is 28.5. The number of fused-ring (bicyclic) bond motifs is 7. The van der Waals surface area contributed by atoms with E-state index in [0.717, 1.165) is 55.3 Å². The molecule has 0 unspecified atom stereocenters. The molecule has 1 aliphatic rings. The summed E-state index contributed by atoms with van der Waals surface area (Å²) in [5.41, 5.74) is 13.9. The highest BCUT2D eigenvalue weighted by Crippen LogP contribution is 2.50. The van der Waals surface area contributed by atoms with Gasteiger partial charge in [0.05, 0.1) is 0 Å². The van der Waals surface area contributed by atoms with Crippen LogP contribution in [0.1, 0.15) is 0 Å². The first-order valence-corrected chi connectivity index (χ1v) is 17.9. The van der Waals surface area contributed by atoms with Crippen molar-refractivity contribution in [3.05, 3.63) is 176 Å². The topological polar surface area (TPSA) is 51.8 Å². The van der Waals surface area contributed by atoms with Crippen LogP contribution in [0.3, 0.4) is 0 Å². The number of furan rings is 1. The van der Waals surface area contributed by atoms with Crippen LogP contribution in [0, 0.1) is 0 Å². The molecule has 4 heteroatoms. The standard InChI is InChI=1S/C49H29N3O/c1-3-12-30(13-4-1)31-22-24-33(25-23-31)47-50-48(52-49(51-47)39-19-10-7-16-35(39)32-14-5-2-6-15-32)34-26-27-40-43(28-34)53-44-29-42-37-18-9-8-17-36(37)38-20-11-21-41(45(38)42)46(40)44/h1-29H. The SMILES string of the molecule is c1ccc(-c2ccc(-c3nc(-c4ccc5c(c4)oc4cc6c7c(cccc7c45)-c4ccccc4-6)nc(-c4ccccc4-c4ccccc4)n3)cc2)cc1. The summed E-state index contributed by atoms with van der Waals surface area (Å²) in [4.78, 5) is 15.4. The van der Waals surface area contributed by atoms with Gasteiger partial charge in [-0.05, 0) is 73.5 Å². The monoisotopic (exact) mass is 675 g/mol. The van der Waals surface area contributed by atoms with Crippen molar-refractivity contribution in [2.45, 2.75) is 0 Å². The maximum absolute atomic E-state index is 6.69. The molecule has 2 heterocycles. The minimum atomic E-state index is 0.588. The average molecular weight is 676 g/mol. The van der Waals surface area contributed by atoms with Gasteiger partial charge in [0.1, 0.15) is 11.2 Å². The highest BCUT2D eigenvalue weighted by atomic mass is 16.3. The zero-order chi connectivity index (χ0) is 34.9. The molecule has 8 aromatic carbocycles.